The average Bonchev–Trinajstić information content (AvgIpc) is 3.02. The maximum atomic E-state index is 12.3. The zero-order valence-electron chi connectivity index (χ0n) is 15.2. The van der Waals surface area contributed by atoms with Gasteiger partial charge in [-0.2, -0.15) is 0 Å². The predicted octanol–water partition coefficient (Wildman–Crippen LogP) is 1.74. The second kappa shape index (κ2) is 8.20. The lowest BCUT2D eigenvalue weighted by Crippen LogP contribution is -2.43. The maximum absolute atomic E-state index is 12.3. The number of nitrogens with one attached hydrogen (secondary N) is 1. The third-order valence-corrected chi connectivity index (χ3v) is 4.61. The van der Waals surface area contributed by atoms with E-state index in [0.29, 0.717) is 24.5 Å². The van der Waals surface area contributed by atoms with Crippen molar-refractivity contribution < 1.29 is 24.2 Å². The molecule has 138 valence electrons. The molecule has 1 fully saturated rings. The Labute approximate surface area is 147 Å². The molecule has 0 aromatic heterocycles. The summed E-state index contributed by atoms with van der Waals surface area (Å²) in [4.78, 5) is 25.3. The SMILES string of the molecule is COc1cc(C)c(C(C)NC(=O)CN2CCCC2C(=O)O)cc1OC. The van der Waals surface area contributed by atoms with Gasteiger partial charge in [0, 0.05) is 0 Å². The molecule has 1 aliphatic rings. The van der Waals surface area contributed by atoms with Crippen LogP contribution in [-0.4, -0.2) is 55.2 Å². The van der Waals surface area contributed by atoms with E-state index in [1.54, 1.807) is 19.1 Å². The highest BCUT2D eigenvalue weighted by Crippen LogP contribution is 2.32. The standard InChI is InChI=1S/C18H26N2O5/c1-11-8-15(24-3)16(25-4)9-13(11)12(2)19-17(21)10-20-7-5-6-14(20)18(22)23/h8-9,12,14H,5-7,10H2,1-4H3,(H,19,21)(H,22,23). The number of carboxylic acid groups (broad SMARTS) is 1. The van der Waals surface area contributed by atoms with E-state index in [9.17, 15) is 14.7 Å². The van der Waals surface area contributed by atoms with Crippen LogP contribution in [0, 0.1) is 6.92 Å². The molecule has 1 aliphatic heterocycles. The van der Waals surface area contributed by atoms with Crippen LogP contribution in [0.1, 0.15) is 36.9 Å². The van der Waals surface area contributed by atoms with Crippen molar-refractivity contribution in [1.82, 2.24) is 10.2 Å². The largest absolute Gasteiger partial charge is 0.493 e. The first-order chi connectivity index (χ1) is 11.9. The number of likely N-dealkylation sites (tertiary alicyclic amines) is 1. The highest BCUT2D eigenvalue weighted by atomic mass is 16.5. The summed E-state index contributed by atoms with van der Waals surface area (Å²) in [6, 6.07) is 2.94. The molecule has 1 aromatic carbocycles. The second-order valence-corrected chi connectivity index (χ2v) is 6.32. The topological polar surface area (TPSA) is 88.1 Å². The number of aliphatic carboxylic acids is 1. The first-order valence-corrected chi connectivity index (χ1v) is 8.36. The van der Waals surface area contributed by atoms with Gasteiger partial charge >= 0.3 is 5.97 Å². The number of hydrogen-bond donors (Lipinski definition) is 2. The summed E-state index contributed by atoms with van der Waals surface area (Å²) in [5.74, 6) is 0.197. The van der Waals surface area contributed by atoms with Gasteiger partial charge in [-0.15, -0.1) is 0 Å². The Bertz CT molecular complexity index is 647. The van der Waals surface area contributed by atoms with Crippen LogP contribution in [0.25, 0.3) is 0 Å². The fourth-order valence-corrected chi connectivity index (χ4v) is 3.31. The van der Waals surface area contributed by atoms with Crippen molar-refractivity contribution in [3.05, 3.63) is 23.3 Å². The van der Waals surface area contributed by atoms with Gasteiger partial charge in [0.1, 0.15) is 6.04 Å². The lowest BCUT2D eigenvalue weighted by molar-refractivity contribution is -0.142. The summed E-state index contributed by atoms with van der Waals surface area (Å²) in [7, 11) is 3.15. The van der Waals surface area contributed by atoms with Crippen LogP contribution in [0.4, 0.5) is 0 Å². The van der Waals surface area contributed by atoms with Crippen molar-refractivity contribution in [2.45, 2.75) is 38.8 Å². The second-order valence-electron chi connectivity index (χ2n) is 6.32. The first kappa shape index (κ1) is 19.1. The van der Waals surface area contributed by atoms with Gasteiger partial charge in [0.05, 0.1) is 26.8 Å². The minimum absolute atomic E-state index is 0.0909. The number of carbonyl (C=O) groups is 2. The molecule has 7 heteroatoms. The lowest BCUT2D eigenvalue weighted by atomic mass is 10.0. The maximum Gasteiger partial charge on any atom is 0.320 e. The molecule has 1 saturated heterocycles. The quantitative estimate of drug-likeness (QED) is 0.779. The van der Waals surface area contributed by atoms with Crippen molar-refractivity contribution in [1.29, 1.82) is 0 Å². The van der Waals surface area contributed by atoms with Crippen LogP contribution in [0.5, 0.6) is 11.5 Å². The molecule has 0 saturated carbocycles. The molecule has 2 N–H and O–H groups in total. The van der Waals surface area contributed by atoms with Gasteiger partial charge in [0.25, 0.3) is 0 Å². The summed E-state index contributed by atoms with van der Waals surface area (Å²) in [6.07, 6.45) is 1.39. The van der Waals surface area contributed by atoms with Crippen LogP contribution in [0.2, 0.25) is 0 Å². The normalized spacial score (nSPS) is 18.6. The number of carboxylic acids is 1. The van der Waals surface area contributed by atoms with Crippen LogP contribution in [-0.2, 0) is 9.59 Å². The van der Waals surface area contributed by atoms with E-state index in [-0.39, 0.29) is 18.5 Å². The summed E-state index contributed by atoms with van der Waals surface area (Å²) < 4.78 is 10.6. The van der Waals surface area contributed by atoms with Gasteiger partial charge in [-0.05, 0) is 56.5 Å². The molecule has 25 heavy (non-hydrogen) atoms. The van der Waals surface area contributed by atoms with E-state index in [1.165, 1.54) is 0 Å². The summed E-state index contributed by atoms with van der Waals surface area (Å²) in [6.45, 7) is 4.56. The van der Waals surface area contributed by atoms with Crippen LogP contribution in [0.3, 0.4) is 0 Å². The smallest absolute Gasteiger partial charge is 0.320 e. The summed E-state index contributed by atoms with van der Waals surface area (Å²) >= 11 is 0. The highest BCUT2D eigenvalue weighted by molar-refractivity contribution is 5.80. The molecule has 0 aliphatic carbocycles. The number of carbonyl (C=O) groups excluding carboxylic acids is 1. The Balaban J connectivity index is 2.05. The molecule has 2 unspecified atom stereocenters. The van der Waals surface area contributed by atoms with Crippen molar-refractivity contribution in [3.63, 3.8) is 0 Å². The molecule has 0 radical (unpaired) electrons. The van der Waals surface area contributed by atoms with Crippen molar-refractivity contribution in [3.8, 4) is 11.5 Å². The Morgan fingerprint density at radius 1 is 1.32 bits per heavy atom. The fourth-order valence-electron chi connectivity index (χ4n) is 3.31. The Morgan fingerprint density at radius 3 is 2.56 bits per heavy atom. The van der Waals surface area contributed by atoms with Crippen LogP contribution >= 0.6 is 0 Å². The molecule has 1 aromatic rings. The van der Waals surface area contributed by atoms with E-state index >= 15 is 0 Å². The van der Waals surface area contributed by atoms with Crippen molar-refractivity contribution in [2.75, 3.05) is 27.3 Å². The molecule has 1 heterocycles. The summed E-state index contributed by atoms with van der Waals surface area (Å²) in [5, 5.41) is 12.1. The number of nitrogens with zero attached hydrogens (tertiary/aromatic N) is 1. The van der Waals surface area contributed by atoms with Gasteiger partial charge in [-0.3, -0.25) is 14.5 Å². The Hall–Kier alpha value is -2.28. The molecule has 0 spiro atoms. The van der Waals surface area contributed by atoms with Gasteiger partial charge in [0.2, 0.25) is 5.91 Å². The minimum Gasteiger partial charge on any atom is -0.493 e. The van der Waals surface area contributed by atoms with Crippen LogP contribution < -0.4 is 14.8 Å². The van der Waals surface area contributed by atoms with Crippen molar-refractivity contribution in [2.24, 2.45) is 0 Å². The number of hydrogen-bond acceptors (Lipinski definition) is 5. The van der Waals surface area contributed by atoms with Gasteiger partial charge in [0.15, 0.2) is 11.5 Å². The highest BCUT2D eigenvalue weighted by Gasteiger charge is 2.31. The zero-order valence-corrected chi connectivity index (χ0v) is 15.2. The third kappa shape index (κ3) is 4.42. The molecule has 2 atom stereocenters. The number of rotatable bonds is 7. The fraction of sp³-hybridized carbons (Fsp3) is 0.556. The molecule has 2 rings (SSSR count). The molecular weight excluding hydrogens is 324 g/mol. The number of benzene rings is 1. The predicted molar refractivity (Wildman–Crippen MR) is 93.1 cm³/mol. The molecule has 7 nitrogen and oxygen atoms in total. The van der Waals surface area contributed by atoms with E-state index in [1.807, 2.05) is 26.0 Å². The Morgan fingerprint density at radius 2 is 1.96 bits per heavy atom. The zero-order chi connectivity index (χ0) is 18.6. The molecular formula is C18H26N2O5. The Kier molecular flexibility index (Phi) is 6.25. The van der Waals surface area contributed by atoms with Crippen molar-refractivity contribution >= 4 is 11.9 Å². The van der Waals surface area contributed by atoms with E-state index in [2.05, 4.69) is 5.32 Å². The monoisotopic (exact) mass is 350 g/mol. The number of amides is 1. The molecule has 1 amide bonds. The van der Waals surface area contributed by atoms with Crippen LogP contribution in [0.15, 0.2) is 12.1 Å². The average molecular weight is 350 g/mol. The molecule has 0 bridgehead atoms. The number of methoxy groups -OCH3 is 2. The van der Waals surface area contributed by atoms with E-state index < -0.39 is 12.0 Å². The minimum atomic E-state index is -0.867. The van der Waals surface area contributed by atoms with Gasteiger partial charge in [-0.25, -0.2) is 0 Å². The summed E-state index contributed by atoms with van der Waals surface area (Å²) in [5.41, 5.74) is 1.91. The number of aryl methyl sites for hydroxylation is 1. The van der Waals surface area contributed by atoms with E-state index in [0.717, 1.165) is 17.5 Å². The van der Waals surface area contributed by atoms with Gasteiger partial charge < -0.3 is 19.9 Å². The number of ether oxygens (including phenoxy) is 2. The van der Waals surface area contributed by atoms with E-state index in [4.69, 9.17) is 9.47 Å². The lowest BCUT2D eigenvalue weighted by Gasteiger charge is -2.23. The third-order valence-electron chi connectivity index (χ3n) is 4.61. The first-order valence-electron chi connectivity index (χ1n) is 8.36. The van der Waals surface area contributed by atoms with Gasteiger partial charge in [-0.1, -0.05) is 0 Å².